The summed E-state index contributed by atoms with van der Waals surface area (Å²) in [6, 6.07) is 17.2. The van der Waals surface area contributed by atoms with E-state index in [1.165, 1.54) is 0 Å². The van der Waals surface area contributed by atoms with Gasteiger partial charge in [-0.3, -0.25) is 4.79 Å². The number of aromatic nitrogens is 1. The van der Waals surface area contributed by atoms with Crippen molar-refractivity contribution in [2.24, 2.45) is 0 Å². The van der Waals surface area contributed by atoms with Gasteiger partial charge < -0.3 is 28.5 Å². The molecular formula is C24H22N2O5. The molecule has 2 aromatic carbocycles. The summed E-state index contributed by atoms with van der Waals surface area (Å²) in [6.45, 7) is 3.04. The van der Waals surface area contributed by atoms with E-state index in [0.717, 1.165) is 33.9 Å². The summed E-state index contributed by atoms with van der Waals surface area (Å²) in [4.78, 5) is 13.1. The van der Waals surface area contributed by atoms with Gasteiger partial charge in [-0.2, -0.15) is 0 Å². The third-order valence-corrected chi connectivity index (χ3v) is 5.34. The molecular weight excluding hydrogens is 396 g/mol. The van der Waals surface area contributed by atoms with Gasteiger partial charge in [-0.15, -0.1) is 0 Å². The summed E-state index contributed by atoms with van der Waals surface area (Å²) in [6.07, 6.45) is 0. The van der Waals surface area contributed by atoms with Crippen molar-refractivity contribution in [3.05, 3.63) is 77.2 Å². The van der Waals surface area contributed by atoms with Crippen LogP contribution in [0, 0.1) is 6.92 Å². The number of hydrogen-bond donors (Lipinski definition) is 1. The Morgan fingerprint density at radius 2 is 1.81 bits per heavy atom. The summed E-state index contributed by atoms with van der Waals surface area (Å²) in [5, 5.41) is 3.00. The fourth-order valence-electron chi connectivity index (χ4n) is 3.76. The molecule has 31 heavy (non-hydrogen) atoms. The molecule has 0 bridgehead atoms. The van der Waals surface area contributed by atoms with E-state index in [2.05, 4.69) is 5.32 Å². The third kappa shape index (κ3) is 3.70. The van der Waals surface area contributed by atoms with E-state index in [1.54, 1.807) is 13.2 Å². The SMILES string of the molecule is COc1ccc(Cn2c(C(=O)NCc3ccc4c(c3)OCO4)cc3oc(C)cc32)cc1. The van der Waals surface area contributed by atoms with Gasteiger partial charge in [-0.25, -0.2) is 0 Å². The number of methoxy groups -OCH3 is 1. The average molecular weight is 418 g/mol. The lowest BCUT2D eigenvalue weighted by Gasteiger charge is -2.11. The van der Waals surface area contributed by atoms with E-state index in [4.69, 9.17) is 18.6 Å². The monoisotopic (exact) mass is 418 g/mol. The maximum absolute atomic E-state index is 13.1. The fraction of sp³-hybridized carbons (Fsp3) is 0.208. The predicted molar refractivity (Wildman–Crippen MR) is 115 cm³/mol. The molecule has 7 nitrogen and oxygen atoms in total. The molecule has 158 valence electrons. The van der Waals surface area contributed by atoms with Gasteiger partial charge >= 0.3 is 0 Å². The Morgan fingerprint density at radius 1 is 1.03 bits per heavy atom. The number of fused-ring (bicyclic) bond motifs is 2. The number of rotatable bonds is 6. The van der Waals surface area contributed by atoms with Crippen LogP contribution in [-0.2, 0) is 13.1 Å². The molecule has 0 aliphatic carbocycles. The van der Waals surface area contributed by atoms with Crippen molar-refractivity contribution >= 4 is 17.0 Å². The molecule has 1 N–H and O–H groups in total. The molecule has 0 radical (unpaired) electrons. The Hall–Kier alpha value is -3.87. The molecule has 4 aromatic rings. The minimum Gasteiger partial charge on any atom is -0.497 e. The molecule has 0 spiro atoms. The fourth-order valence-corrected chi connectivity index (χ4v) is 3.76. The lowest BCUT2D eigenvalue weighted by atomic mass is 10.2. The Bertz CT molecular complexity index is 1250. The maximum Gasteiger partial charge on any atom is 0.268 e. The van der Waals surface area contributed by atoms with Crippen molar-refractivity contribution < 1.29 is 23.4 Å². The van der Waals surface area contributed by atoms with E-state index in [1.807, 2.05) is 60.0 Å². The van der Waals surface area contributed by atoms with E-state index in [0.29, 0.717) is 30.1 Å². The highest BCUT2D eigenvalue weighted by Gasteiger charge is 2.19. The molecule has 1 aliphatic heterocycles. The maximum atomic E-state index is 13.1. The average Bonchev–Trinajstić information content (AvgIpc) is 3.47. The smallest absolute Gasteiger partial charge is 0.268 e. The van der Waals surface area contributed by atoms with Crippen LogP contribution < -0.4 is 19.5 Å². The van der Waals surface area contributed by atoms with Gasteiger partial charge in [0.2, 0.25) is 6.79 Å². The lowest BCUT2D eigenvalue weighted by molar-refractivity contribution is 0.0942. The first kappa shape index (κ1) is 19.1. The van der Waals surface area contributed by atoms with Crippen molar-refractivity contribution in [3.63, 3.8) is 0 Å². The predicted octanol–water partition coefficient (Wildman–Crippen LogP) is 4.26. The van der Waals surface area contributed by atoms with Crippen molar-refractivity contribution in [3.8, 4) is 17.2 Å². The van der Waals surface area contributed by atoms with Crippen LogP contribution in [0.4, 0.5) is 0 Å². The molecule has 0 fully saturated rings. The van der Waals surface area contributed by atoms with Crippen molar-refractivity contribution in [1.29, 1.82) is 0 Å². The zero-order valence-corrected chi connectivity index (χ0v) is 17.3. The lowest BCUT2D eigenvalue weighted by Crippen LogP contribution is -2.25. The molecule has 0 atom stereocenters. The van der Waals surface area contributed by atoms with Gasteiger partial charge in [0.1, 0.15) is 17.2 Å². The second-order valence-corrected chi connectivity index (χ2v) is 7.44. The zero-order chi connectivity index (χ0) is 21.4. The number of carbonyl (C=O) groups is 1. The van der Waals surface area contributed by atoms with Gasteiger partial charge in [0, 0.05) is 25.2 Å². The highest BCUT2D eigenvalue weighted by molar-refractivity contribution is 5.97. The molecule has 7 heteroatoms. The van der Waals surface area contributed by atoms with Crippen LogP contribution in [0.1, 0.15) is 27.4 Å². The molecule has 0 unspecified atom stereocenters. The van der Waals surface area contributed by atoms with Gasteiger partial charge in [0.15, 0.2) is 17.1 Å². The van der Waals surface area contributed by atoms with Gasteiger partial charge in [-0.1, -0.05) is 18.2 Å². The van der Waals surface area contributed by atoms with Crippen LogP contribution in [0.15, 0.2) is 59.0 Å². The van der Waals surface area contributed by atoms with Crippen LogP contribution in [0.3, 0.4) is 0 Å². The number of furan rings is 1. The second-order valence-electron chi connectivity index (χ2n) is 7.44. The largest absolute Gasteiger partial charge is 0.497 e. The summed E-state index contributed by atoms with van der Waals surface area (Å²) in [5.74, 6) is 2.85. The van der Waals surface area contributed by atoms with E-state index in [9.17, 15) is 4.79 Å². The Morgan fingerprint density at radius 3 is 2.61 bits per heavy atom. The summed E-state index contributed by atoms with van der Waals surface area (Å²) in [7, 11) is 1.64. The first-order valence-electron chi connectivity index (χ1n) is 10.00. The number of ether oxygens (including phenoxy) is 3. The normalized spacial score (nSPS) is 12.3. The molecule has 1 amide bonds. The minimum atomic E-state index is -0.171. The third-order valence-electron chi connectivity index (χ3n) is 5.34. The Labute approximate surface area is 179 Å². The Kier molecular flexibility index (Phi) is 4.78. The zero-order valence-electron chi connectivity index (χ0n) is 17.3. The first-order chi connectivity index (χ1) is 15.1. The topological polar surface area (TPSA) is 74.9 Å². The van der Waals surface area contributed by atoms with Gasteiger partial charge in [0.05, 0.1) is 12.6 Å². The van der Waals surface area contributed by atoms with Crippen LogP contribution in [0.2, 0.25) is 0 Å². The van der Waals surface area contributed by atoms with Gasteiger partial charge in [-0.05, 0) is 42.3 Å². The van der Waals surface area contributed by atoms with Crippen molar-refractivity contribution in [2.75, 3.05) is 13.9 Å². The summed E-state index contributed by atoms with van der Waals surface area (Å²) < 4.78 is 23.7. The van der Waals surface area contributed by atoms with Crippen LogP contribution in [0.25, 0.3) is 11.1 Å². The molecule has 5 rings (SSSR count). The standard InChI is InChI=1S/C24H22N2O5/c1-15-9-19-22(31-15)11-20(26(19)13-16-3-6-18(28-2)7-4-16)24(27)25-12-17-5-8-21-23(10-17)30-14-29-21/h3-11H,12-14H2,1-2H3,(H,25,27). The highest BCUT2D eigenvalue weighted by atomic mass is 16.7. The summed E-state index contributed by atoms with van der Waals surface area (Å²) in [5.41, 5.74) is 4.12. The number of aryl methyl sites for hydroxylation is 1. The van der Waals surface area contributed by atoms with Crippen LogP contribution in [0.5, 0.6) is 17.2 Å². The molecule has 2 aromatic heterocycles. The number of nitrogens with one attached hydrogen (secondary N) is 1. The second kappa shape index (κ2) is 7.75. The van der Waals surface area contributed by atoms with Crippen LogP contribution >= 0.6 is 0 Å². The molecule has 0 saturated carbocycles. The number of hydrogen-bond acceptors (Lipinski definition) is 5. The number of nitrogens with zero attached hydrogens (tertiary/aromatic N) is 1. The van der Waals surface area contributed by atoms with Crippen LogP contribution in [-0.4, -0.2) is 24.4 Å². The van der Waals surface area contributed by atoms with Gasteiger partial charge in [0.25, 0.3) is 5.91 Å². The minimum absolute atomic E-state index is 0.171. The summed E-state index contributed by atoms with van der Waals surface area (Å²) >= 11 is 0. The quantitative estimate of drug-likeness (QED) is 0.507. The number of amides is 1. The van der Waals surface area contributed by atoms with E-state index < -0.39 is 0 Å². The number of benzene rings is 2. The Balaban J connectivity index is 1.39. The molecule has 3 heterocycles. The molecule has 1 aliphatic rings. The first-order valence-corrected chi connectivity index (χ1v) is 10.00. The molecule has 0 saturated heterocycles. The number of carbonyl (C=O) groups excluding carboxylic acids is 1. The van der Waals surface area contributed by atoms with Crippen molar-refractivity contribution in [2.45, 2.75) is 20.0 Å². The van der Waals surface area contributed by atoms with E-state index in [-0.39, 0.29) is 12.7 Å². The van der Waals surface area contributed by atoms with E-state index >= 15 is 0 Å². The van der Waals surface area contributed by atoms with Crippen molar-refractivity contribution in [1.82, 2.24) is 9.88 Å². The highest BCUT2D eigenvalue weighted by Crippen LogP contribution is 2.32.